The molecule has 1 saturated heterocycles. The molecule has 2 rings (SSSR count). The number of anilines is 2. The van der Waals surface area contributed by atoms with Crippen LogP contribution in [0.15, 0.2) is 0 Å². The van der Waals surface area contributed by atoms with Crippen molar-refractivity contribution in [2.24, 2.45) is 5.92 Å². The average Bonchev–Trinajstić information content (AvgIpc) is 2.65. The van der Waals surface area contributed by atoms with Crippen molar-refractivity contribution in [3.63, 3.8) is 0 Å². The summed E-state index contributed by atoms with van der Waals surface area (Å²) in [6.45, 7) is 0.517. The highest BCUT2D eigenvalue weighted by Crippen LogP contribution is 2.19. The van der Waals surface area contributed by atoms with Gasteiger partial charge in [0, 0.05) is 13.6 Å². The van der Waals surface area contributed by atoms with Gasteiger partial charge >= 0.3 is 0 Å². The van der Waals surface area contributed by atoms with E-state index in [1.807, 2.05) is 0 Å². The molecule has 1 aliphatic rings. The van der Waals surface area contributed by atoms with Gasteiger partial charge in [-0.3, -0.25) is 0 Å². The monoisotopic (exact) mass is 291 g/mol. The fourth-order valence-electron chi connectivity index (χ4n) is 1.81. The molecule has 1 aromatic rings. The zero-order valence-electron chi connectivity index (χ0n) is 9.85. The molecule has 2 heterocycles. The van der Waals surface area contributed by atoms with E-state index in [4.69, 9.17) is 11.6 Å². The van der Waals surface area contributed by atoms with E-state index >= 15 is 0 Å². The third-order valence-electron chi connectivity index (χ3n) is 2.71. The second-order valence-electron chi connectivity index (χ2n) is 4.15. The van der Waals surface area contributed by atoms with Crippen molar-refractivity contribution in [1.82, 2.24) is 15.0 Å². The molecule has 0 saturated carbocycles. The first-order chi connectivity index (χ1) is 8.48. The molecule has 1 unspecified atom stereocenters. The second-order valence-corrected chi connectivity index (χ2v) is 6.72. The van der Waals surface area contributed by atoms with Crippen molar-refractivity contribution >= 4 is 33.3 Å². The van der Waals surface area contributed by atoms with Gasteiger partial charge in [-0.2, -0.15) is 15.0 Å². The van der Waals surface area contributed by atoms with Crippen molar-refractivity contribution in [2.75, 3.05) is 35.7 Å². The van der Waals surface area contributed by atoms with Crippen molar-refractivity contribution in [1.29, 1.82) is 0 Å². The van der Waals surface area contributed by atoms with Crippen LogP contribution in [0.5, 0.6) is 0 Å². The van der Waals surface area contributed by atoms with E-state index in [9.17, 15) is 8.42 Å². The Labute approximate surface area is 110 Å². The van der Waals surface area contributed by atoms with Crippen LogP contribution in [-0.2, 0) is 9.84 Å². The Bertz CT molecular complexity index is 536. The summed E-state index contributed by atoms with van der Waals surface area (Å²) in [6.07, 6.45) is 0.674. The highest BCUT2D eigenvalue weighted by atomic mass is 35.5. The lowest BCUT2D eigenvalue weighted by Crippen LogP contribution is -2.17. The molecule has 9 heteroatoms. The summed E-state index contributed by atoms with van der Waals surface area (Å²) in [6, 6.07) is 0. The summed E-state index contributed by atoms with van der Waals surface area (Å²) in [5.41, 5.74) is 0. The van der Waals surface area contributed by atoms with Crippen molar-refractivity contribution in [3.8, 4) is 0 Å². The quantitative estimate of drug-likeness (QED) is 0.829. The van der Waals surface area contributed by atoms with Crippen LogP contribution >= 0.6 is 11.6 Å². The van der Waals surface area contributed by atoms with Gasteiger partial charge in [-0.15, -0.1) is 0 Å². The van der Waals surface area contributed by atoms with Crippen LogP contribution < -0.4 is 10.6 Å². The van der Waals surface area contributed by atoms with E-state index in [1.165, 1.54) is 0 Å². The molecule has 0 amide bonds. The Morgan fingerprint density at radius 1 is 1.33 bits per heavy atom. The molecule has 1 atom stereocenters. The lowest BCUT2D eigenvalue weighted by molar-refractivity contribution is 0.595. The van der Waals surface area contributed by atoms with E-state index in [0.717, 1.165) is 0 Å². The summed E-state index contributed by atoms with van der Waals surface area (Å²) in [7, 11) is -1.17. The maximum atomic E-state index is 11.3. The first-order valence-corrected chi connectivity index (χ1v) is 7.72. The van der Waals surface area contributed by atoms with E-state index in [-0.39, 0.29) is 22.7 Å². The van der Waals surface area contributed by atoms with Gasteiger partial charge in [-0.1, -0.05) is 0 Å². The van der Waals surface area contributed by atoms with Gasteiger partial charge in [-0.05, 0) is 23.9 Å². The molecule has 0 spiro atoms. The highest BCUT2D eigenvalue weighted by molar-refractivity contribution is 7.91. The molecular formula is C9H14ClN5O2S. The fraction of sp³-hybridized carbons (Fsp3) is 0.667. The lowest BCUT2D eigenvalue weighted by Gasteiger charge is -2.10. The van der Waals surface area contributed by atoms with Crippen molar-refractivity contribution < 1.29 is 8.42 Å². The number of hydrogen-bond acceptors (Lipinski definition) is 7. The zero-order chi connectivity index (χ0) is 13.2. The van der Waals surface area contributed by atoms with E-state index in [1.54, 1.807) is 7.05 Å². The topological polar surface area (TPSA) is 96.9 Å². The Balaban J connectivity index is 1.96. The van der Waals surface area contributed by atoms with Crippen molar-refractivity contribution in [2.45, 2.75) is 6.42 Å². The van der Waals surface area contributed by atoms with Gasteiger partial charge < -0.3 is 10.6 Å². The second kappa shape index (κ2) is 5.23. The summed E-state index contributed by atoms with van der Waals surface area (Å²) in [5, 5.41) is 5.85. The molecule has 7 nitrogen and oxygen atoms in total. The van der Waals surface area contributed by atoms with E-state index in [0.29, 0.717) is 24.9 Å². The summed E-state index contributed by atoms with van der Waals surface area (Å²) in [4.78, 5) is 11.8. The minimum atomic E-state index is -2.85. The fourth-order valence-corrected chi connectivity index (χ4v) is 3.83. The van der Waals surface area contributed by atoms with Crippen LogP contribution in [-0.4, -0.2) is 48.5 Å². The van der Waals surface area contributed by atoms with Crippen LogP contribution in [0.1, 0.15) is 6.42 Å². The zero-order valence-corrected chi connectivity index (χ0v) is 11.4. The first kappa shape index (κ1) is 13.3. The Hall–Kier alpha value is -1.15. The van der Waals surface area contributed by atoms with Gasteiger partial charge in [0.25, 0.3) is 0 Å². The number of rotatable bonds is 4. The molecule has 0 bridgehead atoms. The van der Waals surface area contributed by atoms with Gasteiger partial charge in [0.2, 0.25) is 17.2 Å². The lowest BCUT2D eigenvalue weighted by atomic mass is 10.1. The van der Waals surface area contributed by atoms with Crippen LogP contribution in [0.25, 0.3) is 0 Å². The molecule has 2 N–H and O–H groups in total. The Morgan fingerprint density at radius 2 is 2.06 bits per heavy atom. The minimum absolute atomic E-state index is 0.0934. The maximum Gasteiger partial charge on any atom is 0.228 e. The number of aromatic nitrogens is 3. The summed E-state index contributed by atoms with van der Waals surface area (Å²) >= 11 is 5.73. The highest BCUT2D eigenvalue weighted by Gasteiger charge is 2.27. The van der Waals surface area contributed by atoms with Crippen LogP contribution in [0, 0.1) is 5.92 Å². The third kappa shape index (κ3) is 3.42. The largest absolute Gasteiger partial charge is 0.357 e. The van der Waals surface area contributed by atoms with E-state index in [2.05, 4.69) is 25.6 Å². The Kier molecular flexibility index (Phi) is 3.86. The SMILES string of the molecule is CNc1nc(Cl)nc(NCC2CCS(=O)(=O)C2)n1. The normalized spacial score (nSPS) is 21.8. The number of halogens is 1. The smallest absolute Gasteiger partial charge is 0.228 e. The van der Waals surface area contributed by atoms with Crippen molar-refractivity contribution in [3.05, 3.63) is 5.28 Å². The van der Waals surface area contributed by atoms with Crippen LogP contribution in [0.2, 0.25) is 5.28 Å². The van der Waals surface area contributed by atoms with Gasteiger partial charge in [0.05, 0.1) is 11.5 Å². The molecule has 0 aromatic carbocycles. The molecule has 0 radical (unpaired) electrons. The molecule has 1 aliphatic heterocycles. The maximum absolute atomic E-state index is 11.3. The predicted molar refractivity (Wildman–Crippen MR) is 69.6 cm³/mol. The summed E-state index contributed by atoms with van der Waals surface area (Å²) < 4.78 is 22.6. The number of nitrogens with zero attached hydrogens (tertiary/aromatic N) is 3. The predicted octanol–water partition coefficient (Wildman–Crippen LogP) is 0.413. The molecule has 0 aliphatic carbocycles. The minimum Gasteiger partial charge on any atom is -0.357 e. The molecule has 100 valence electrons. The standard InChI is InChI=1S/C9H14ClN5O2S/c1-11-8-13-7(10)14-9(15-8)12-4-6-2-3-18(16,17)5-6/h6H,2-5H2,1H3,(H2,11,12,13,14,15). The number of hydrogen-bond donors (Lipinski definition) is 2. The van der Waals surface area contributed by atoms with E-state index < -0.39 is 9.84 Å². The van der Waals surface area contributed by atoms with Gasteiger partial charge in [0.1, 0.15) is 0 Å². The Morgan fingerprint density at radius 3 is 2.67 bits per heavy atom. The average molecular weight is 292 g/mol. The number of nitrogens with one attached hydrogen (secondary N) is 2. The number of sulfone groups is 1. The first-order valence-electron chi connectivity index (χ1n) is 5.52. The van der Waals surface area contributed by atoms with Gasteiger partial charge in [-0.25, -0.2) is 8.42 Å². The third-order valence-corrected chi connectivity index (χ3v) is 4.71. The molecule has 1 aromatic heterocycles. The molecular weight excluding hydrogens is 278 g/mol. The van der Waals surface area contributed by atoms with Crippen LogP contribution in [0.3, 0.4) is 0 Å². The van der Waals surface area contributed by atoms with Crippen LogP contribution in [0.4, 0.5) is 11.9 Å². The molecule has 18 heavy (non-hydrogen) atoms. The van der Waals surface area contributed by atoms with Gasteiger partial charge in [0.15, 0.2) is 9.84 Å². The summed E-state index contributed by atoms with van der Waals surface area (Å²) in [5.74, 6) is 1.31. The molecule has 1 fully saturated rings.